The number of anilines is 1. The fourth-order valence-electron chi connectivity index (χ4n) is 3.64. The van der Waals surface area contributed by atoms with Gasteiger partial charge in [-0.3, -0.25) is 24.0 Å². The van der Waals surface area contributed by atoms with E-state index in [1.165, 1.54) is 23.1 Å². The van der Waals surface area contributed by atoms with Crippen LogP contribution in [0.25, 0.3) is 0 Å². The van der Waals surface area contributed by atoms with Gasteiger partial charge >= 0.3 is 0 Å². The van der Waals surface area contributed by atoms with Crippen molar-refractivity contribution in [2.45, 2.75) is 45.7 Å². The standard InChI is InChI=1S/C24H30Cl2N4O6S/c1-4-6-12-27-24(32)22(5-2)28(15-17-10-11-20(25)21(26)13-17)23(31)16-29(37(3,35)36)18-8-7-9-19(14-18)30(33)34/h7-11,13-14,22H,4-6,12,15-16H2,1-3H3,(H,27,32)/t22-/m1/s1. The number of nitro benzene ring substituents is 1. The van der Waals surface area contributed by atoms with E-state index in [1.54, 1.807) is 25.1 Å². The molecule has 0 aliphatic carbocycles. The molecule has 10 nitrogen and oxygen atoms in total. The van der Waals surface area contributed by atoms with Gasteiger partial charge in [-0.25, -0.2) is 8.42 Å². The summed E-state index contributed by atoms with van der Waals surface area (Å²) in [5, 5.41) is 14.6. The highest BCUT2D eigenvalue weighted by molar-refractivity contribution is 7.92. The predicted octanol–water partition coefficient (Wildman–Crippen LogP) is 4.39. The van der Waals surface area contributed by atoms with Crippen molar-refractivity contribution in [1.29, 1.82) is 0 Å². The second-order valence-corrected chi connectivity index (χ2v) is 11.1. The van der Waals surface area contributed by atoms with E-state index in [2.05, 4.69) is 5.32 Å². The summed E-state index contributed by atoms with van der Waals surface area (Å²) in [6.07, 6.45) is 2.80. The molecule has 0 aliphatic rings. The summed E-state index contributed by atoms with van der Waals surface area (Å²) in [5.74, 6) is -1.04. The van der Waals surface area contributed by atoms with Gasteiger partial charge in [0.05, 0.1) is 26.9 Å². The molecule has 37 heavy (non-hydrogen) atoms. The third kappa shape index (κ3) is 8.58. The smallest absolute Gasteiger partial charge is 0.271 e. The Bertz CT molecular complexity index is 1240. The SMILES string of the molecule is CCCCNC(=O)[C@@H](CC)N(Cc1ccc(Cl)c(Cl)c1)C(=O)CN(c1cccc([N+](=O)[O-])c1)S(C)(=O)=O. The summed E-state index contributed by atoms with van der Waals surface area (Å²) in [5.41, 5.74) is 0.219. The monoisotopic (exact) mass is 572 g/mol. The second-order valence-electron chi connectivity index (χ2n) is 8.39. The van der Waals surface area contributed by atoms with E-state index in [9.17, 15) is 28.1 Å². The molecule has 0 saturated heterocycles. The number of carbonyl (C=O) groups is 2. The Kier molecular flexibility index (Phi) is 11.1. The number of halogens is 2. The molecule has 0 aromatic heterocycles. The Balaban J connectivity index is 2.46. The first-order valence-electron chi connectivity index (χ1n) is 11.6. The molecule has 2 rings (SSSR count). The molecular formula is C24H30Cl2N4O6S. The third-order valence-electron chi connectivity index (χ3n) is 5.56. The van der Waals surface area contributed by atoms with Crippen LogP contribution in [0.1, 0.15) is 38.7 Å². The molecule has 2 amide bonds. The lowest BCUT2D eigenvalue weighted by atomic mass is 10.1. The molecule has 1 atom stereocenters. The molecule has 0 fully saturated rings. The van der Waals surface area contributed by atoms with Crippen LogP contribution in [0.5, 0.6) is 0 Å². The van der Waals surface area contributed by atoms with E-state index in [4.69, 9.17) is 23.2 Å². The molecule has 0 bridgehead atoms. The molecule has 1 N–H and O–H groups in total. The average Bonchev–Trinajstić information content (AvgIpc) is 2.84. The number of nitro groups is 1. The van der Waals surface area contributed by atoms with Crippen molar-refractivity contribution in [3.63, 3.8) is 0 Å². The number of rotatable bonds is 13. The van der Waals surface area contributed by atoms with Crippen LogP contribution in [-0.4, -0.2) is 55.4 Å². The Morgan fingerprint density at radius 1 is 1.11 bits per heavy atom. The number of non-ortho nitro benzene ring substituents is 1. The molecular weight excluding hydrogens is 543 g/mol. The van der Waals surface area contributed by atoms with Crippen LogP contribution in [0.2, 0.25) is 10.0 Å². The van der Waals surface area contributed by atoms with Gasteiger partial charge in [-0.1, -0.05) is 55.6 Å². The van der Waals surface area contributed by atoms with Gasteiger partial charge in [-0.15, -0.1) is 0 Å². The Morgan fingerprint density at radius 3 is 2.38 bits per heavy atom. The number of hydrogen-bond acceptors (Lipinski definition) is 6. The van der Waals surface area contributed by atoms with E-state index >= 15 is 0 Å². The minimum atomic E-state index is -4.02. The molecule has 13 heteroatoms. The molecule has 202 valence electrons. The van der Waals surface area contributed by atoms with Crippen molar-refractivity contribution >= 4 is 56.4 Å². The largest absolute Gasteiger partial charge is 0.354 e. The van der Waals surface area contributed by atoms with Gasteiger partial charge in [-0.2, -0.15) is 0 Å². The zero-order valence-corrected chi connectivity index (χ0v) is 23.1. The molecule has 0 unspecified atom stereocenters. The topological polar surface area (TPSA) is 130 Å². The molecule has 0 heterocycles. The van der Waals surface area contributed by atoms with Crippen LogP contribution in [0.4, 0.5) is 11.4 Å². The Morgan fingerprint density at radius 2 is 1.81 bits per heavy atom. The predicted molar refractivity (Wildman–Crippen MR) is 144 cm³/mol. The van der Waals surface area contributed by atoms with Crippen LogP contribution >= 0.6 is 23.2 Å². The normalized spacial score (nSPS) is 12.0. The molecule has 0 radical (unpaired) electrons. The molecule has 0 aliphatic heterocycles. The number of benzene rings is 2. The van der Waals surface area contributed by atoms with Gasteiger partial charge in [0.2, 0.25) is 21.8 Å². The van der Waals surface area contributed by atoms with Gasteiger partial charge < -0.3 is 10.2 Å². The minimum Gasteiger partial charge on any atom is -0.354 e. The minimum absolute atomic E-state index is 0.0397. The molecule has 0 spiro atoms. The number of carbonyl (C=O) groups excluding carboxylic acids is 2. The first kappa shape index (κ1) is 30.3. The van der Waals surface area contributed by atoms with Crippen molar-refractivity contribution in [3.05, 3.63) is 68.2 Å². The highest BCUT2D eigenvalue weighted by Crippen LogP contribution is 2.26. The third-order valence-corrected chi connectivity index (χ3v) is 7.44. The first-order valence-corrected chi connectivity index (χ1v) is 14.2. The maximum absolute atomic E-state index is 13.6. The Hall–Kier alpha value is -2.89. The summed E-state index contributed by atoms with van der Waals surface area (Å²) in [6, 6.07) is 8.88. The van der Waals surface area contributed by atoms with E-state index in [0.717, 1.165) is 29.5 Å². The maximum atomic E-state index is 13.6. The number of nitrogens with zero attached hydrogens (tertiary/aromatic N) is 3. The van der Waals surface area contributed by atoms with Crippen LogP contribution < -0.4 is 9.62 Å². The summed E-state index contributed by atoms with van der Waals surface area (Å²) in [6.45, 7) is 3.46. The summed E-state index contributed by atoms with van der Waals surface area (Å²) in [7, 11) is -4.02. The summed E-state index contributed by atoms with van der Waals surface area (Å²) >= 11 is 12.2. The average molecular weight is 573 g/mol. The van der Waals surface area contributed by atoms with Gasteiger partial charge in [0.1, 0.15) is 12.6 Å². The fraction of sp³-hybridized carbons (Fsp3) is 0.417. The number of hydrogen-bond donors (Lipinski definition) is 1. The van der Waals surface area contributed by atoms with Gasteiger partial charge in [0, 0.05) is 25.2 Å². The van der Waals surface area contributed by atoms with Crippen LogP contribution in [0, 0.1) is 10.1 Å². The maximum Gasteiger partial charge on any atom is 0.271 e. The van der Waals surface area contributed by atoms with Gasteiger partial charge in [-0.05, 0) is 36.6 Å². The summed E-state index contributed by atoms with van der Waals surface area (Å²) in [4.78, 5) is 38.5. The lowest BCUT2D eigenvalue weighted by molar-refractivity contribution is -0.384. The Labute approximate surface area is 226 Å². The van der Waals surface area contributed by atoms with E-state index in [1.807, 2.05) is 6.92 Å². The van der Waals surface area contributed by atoms with E-state index in [0.29, 0.717) is 17.1 Å². The van der Waals surface area contributed by atoms with E-state index in [-0.39, 0.29) is 35.3 Å². The zero-order valence-electron chi connectivity index (χ0n) is 20.8. The number of nitrogens with one attached hydrogen (secondary N) is 1. The quantitative estimate of drug-likeness (QED) is 0.215. The first-order chi connectivity index (χ1) is 17.4. The number of sulfonamides is 1. The molecule has 2 aromatic rings. The number of unbranched alkanes of at least 4 members (excludes halogenated alkanes) is 1. The van der Waals surface area contributed by atoms with Crippen molar-refractivity contribution in [2.24, 2.45) is 0 Å². The molecule has 2 aromatic carbocycles. The highest BCUT2D eigenvalue weighted by atomic mass is 35.5. The van der Waals surface area contributed by atoms with Crippen molar-refractivity contribution in [3.8, 4) is 0 Å². The van der Waals surface area contributed by atoms with Crippen molar-refractivity contribution < 1.29 is 22.9 Å². The van der Waals surface area contributed by atoms with Crippen LogP contribution in [0.15, 0.2) is 42.5 Å². The van der Waals surface area contributed by atoms with Crippen LogP contribution in [-0.2, 0) is 26.2 Å². The molecule has 0 saturated carbocycles. The second kappa shape index (κ2) is 13.6. The van der Waals surface area contributed by atoms with Crippen molar-refractivity contribution in [1.82, 2.24) is 10.2 Å². The fourth-order valence-corrected chi connectivity index (χ4v) is 4.80. The lowest BCUT2D eigenvalue weighted by Crippen LogP contribution is -2.52. The van der Waals surface area contributed by atoms with E-state index < -0.39 is 33.4 Å². The number of amides is 2. The lowest BCUT2D eigenvalue weighted by Gasteiger charge is -2.33. The van der Waals surface area contributed by atoms with Gasteiger partial charge in [0.25, 0.3) is 5.69 Å². The highest BCUT2D eigenvalue weighted by Gasteiger charge is 2.32. The van der Waals surface area contributed by atoms with Gasteiger partial charge in [0.15, 0.2) is 0 Å². The summed E-state index contributed by atoms with van der Waals surface area (Å²) < 4.78 is 26.0. The van der Waals surface area contributed by atoms with Crippen LogP contribution in [0.3, 0.4) is 0 Å². The van der Waals surface area contributed by atoms with Crippen molar-refractivity contribution in [2.75, 3.05) is 23.7 Å². The zero-order chi connectivity index (χ0) is 27.8.